The molecular weight excluding hydrogens is 479 g/mol. The van der Waals surface area contributed by atoms with Crippen molar-refractivity contribution < 1.29 is 18.3 Å². The topological polar surface area (TPSA) is 54.9 Å². The molecule has 0 saturated heterocycles. The number of hydrogen-bond acceptors (Lipinski definition) is 3. The molecule has 1 aliphatic carbocycles. The van der Waals surface area contributed by atoms with E-state index in [0.717, 1.165) is 5.56 Å². The van der Waals surface area contributed by atoms with E-state index in [4.69, 9.17) is 9.47 Å². The highest BCUT2D eigenvalue weighted by Gasteiger charge is 2.42. The summed E-state index contributed by atoms with van der Waals surface area (Å²) in [6.45, 7) is 0.484. The molecule has 1 aliphatic rings. The minimum atomic E-state index is -0.504. The zero-order valence-electron chi connectivity index (χ0n) is 16.0. The van der Waals surface area contributed by atoms with Crippen molar-refractivity contribution >= 4 is 29.9 Å². The maximum absolute atomic E-state index is 13.9. The van der Waals surface area contributed by atoms with Gasteiger partial charge in [-0.1, -0.05) is 6.07 Å². The first-order chi connectivity index (χ1) is 13.1. The van der Waals surface area contributed by atoms with Gasteiger partial charge < -0.3 is 20.1 Å². The van der Waals surface area contributed by atoms with Crippen LogP contribution < -0.4 is 20.1 Å². The minimum Gasteiger partial charge on any atom is -0.497 e. The van der Waals surface area contributed by atoms with Gasteiger partial charge in [0.05, 0.1) is 14.2 Å². The summed E-state index contributed by atoms with van der Waals surface area (Å²) in [5, 5.41) is 6.42. The Labute approximate surface area is 180 Å². The van der Waals surface area contributed by atoms with Gasteiger partial charge in [0, 0.05) is 42.7 Å². The molecule has 0 bridgehead atoms. The van der Waals surface area contributed by atoms with E-state index < -0.39 is 11.6 Å². The van der Waals surface area contributed by atoms with Gasteiger partial charge in [-0.25, -0.2) is 8.78 Å². The van der Waals surface area contributed by atoms with Crippen molar-refractivity contribution in [2.24, 2.45) is 4.99 Å². The Morgan fingerprint density at radius 2 is 1.86 bits per heavy atom. The second-order valence-electron chi connectivity index (χ2n) is 6.33. The molecule has 152 valence electrons. The largest absolute Gasteiger partial charge is 0.497 e. The van der Waals surface area contributed by atoms with Crippen LogP contribution in [0, 0.1) is 11.6 Å². The van der Waals surface area contributed by atoms with Gasteiger partial charge in [0.1, 0.15) is 23.1 Å². The monoisotopic (exact) mass is 503 g/mol. The fourth-order valence-corrected chi connectivity index (χ4v) is 3.09. The first kappa shape index (κ1) is 22.2. The lowest BCUT2D eigenvalue weighted by Gasteiger charge is -2.14. The van der Waals surface area contributed by atoms with Crippen LogP contribution >= 0.6 is 24.0 Å². The molecule has 0 spiro atoms. The van der Waals surface area contributed by atoms with Gasteiger partial charge in [-0.05, 0) is 30.7 Å². The van der Waals surface area contributed by atoms with Crippen molar-refractivity contribution in [3.63, 3.8) is 0 Å². The molecule has 1 fully saturated rings. The predicted octanol–water partition coefficient (Wildman–Crippen LogP) is 3.82. The predicted molar refractivity (Wildman–Crippen MR) is 116 cm³/mol. The molecule has 2 aromatic rings. The van der Waals surface area contributed by atoms with Gasteiger partial charge in [-0.3, -0.25) is 4.99 Å². The van der Waals surface area contributed by atoms with Crippen molar-refractivity contribution in [3.8, 4) is 11.5 Å². The highest BCUT2D eigenvalue weighted by atomic mass is 127. The van der Waals surface area contributed by atoms with Crippen LogP contribution in [0.3, 0.4) is 0 Å². The van der Waals surface area contributed by atoms with Crippen molar-refractivity contribution in [2.45, 2.75) is 24.9 Å². The number of rotatable bonds is 6. The van der Waals surface area contributed by atoms with Crippen LogP contribution in [0.5, 0.6) is 11.5 Å². The SMILES string of the molecule is CN=C(NCc1ccc(OC)cc1OC)NC1CC1c1c(F)cccc1F.I. The molecule has 3 rings (SSSR count). The molecule has 0 heterocycles. The van der Waals surface area contributed by atoms with E-state index in [9.17, 15) is 8.78 Å². The molecule has 2 N–H and O–H groups in total. The zero-order chi connectivity index (χ0) is 19.4. The van der Waals surface area contributed by atoms with E-state index >= 15 is 0 Å². The molecule has 5 nitrogen and oxygen atoms in total. The van der Waals surface area contributed by atoms with E-state index in [1.54, 1.807) is 21.3 Å². The fraction of sp³-hybridized carbons (Fsp3) is 0.350. The summed E-state index contributed by atoms with van der Waals surface area (Å²) in [7, 11) is 4.85. The maximum atomic E-state index is 13.9. The Balaban J connectivity index is 0.00000280. The summed E-state index contributed by atoms with van der Waals surface area (Å²) >= 11 is 0. The van der Waals surface area contributed by atoms with Crippen molar-refractivity contribution in [3.05, 3.63) is 59.2 Å². The molecule has 2 atom stereocenters. The summed E-state index contributed by atoms with van der Waals surface area (Å²) in [6.07, 6.45) is 0.657. The lowest BCUT2D eigenvalue weighted by molar-refractivity contribution is 0.390. The smallest absolute Gasteiger partial charge is 0.191 e. The van der Waals surface area contributed by atoms with Crippen LogP contribution in [-0.4, -0.2) is 33.3 Å². The number of halogens is 3. The van der Waals surface area contributed by atoms with E-state index in [1.807, 2.05) is 18.2 Å². The lowest BCUT2D eigenvalue weighted by Crippen LogP contribution is -2.38. The molecule has 28 heavy (non-hydrogen) atoms. The first-order valence-corrected chi connectivity index (χ1v) is 8.69. The number of benzene rings is 2. The van der Waals surface area contributed by atoms with Crippen LogP contribution in [0.4, 0.5) is 8.78 Å². The lowest BCUT2D eigenvalue weighted by atomic mass is 10.1. The van der Waals surface area contributed by atoms with E-state index in [-0.39, 0.29) is 41.5 Å². The van der Waals surface area contributed by atoms with Crippen LogP contribution in [-0.2, 0) is 6.54 Å². The number of guanidine groups is 1. The van der Waals surface area contributed by atoms with Crippen LogP contribution in [0.15, 0.2) is 41.4 Å². The molecule has 0 aliphatic heterocycles. The molecule has 0 amide bonds. The standard InChI is InChI=1S/C20H23F2N3O2.HI/c1-23-20(24-11-12-7-8-13(26-2)9-18(12)27-3)25-17-10-14(17)19-15(21)5-4-6-16(19)22;/h4-9,14,17H,10-11H2,1-3H3,(H2,23,24,25);1H. The number of methoxy groups -OCH3 is 2. The van der Waals surface area contributed by atoms with E-state index in [1.165, 1.54) is 18.2 Å². The van der Waals surface area contributed by atoms with Gasteiger partial charge in [0.2, 0.25) is 0 Å². The molecule has 2 aromatic carbocycles. The average Bonchev–Trinajstić information content (AvgIpc) is 3.43. The Bertz CT molecular complexity index is 828. The fourth-order valence-electron chi connectivity index (χ4n) is 3.09. The summed E-state index contributed by atoms with van der Waals surface area (Å²) in [5.74, 6) is 0.781. The van der Waals surface area contributed by atoms with E-state index in [2.05, 4.69) is 15.6 Å². The van der Waals surface area contributed by atoms with Crippen molar-refractivity contribution in [2.75, 3.05) is 21.3 Å². The Morgan fingerprint density at radius 1 is 1.14 bits per heavy atom. The quantitative estimate of drug-likeness (QED) is 0.358. The van der Waals surface area contributed by atoms with Crippen LogP contribution in [0.25, 0.3) is 0 Å². The van der Waals surface area contributed by atoms with Gasteiger partial charge >= 0.3 is 0 Å². The van der Waals surface area contributed by atoms with Crippen LogP contribution in [0.1, 0.15) is 23.5 Å². The Kier molecular flexibility index (Phi) is 7.85. The van der Waals surface area contributed by atoms with Crippen LogP contribution in [0.2, 0.25) is 0 Å². The Morgan fingerprint density at radius 3 is 2.46 bits per heavy atom. The third-order valence-electron chi connectivity index (χ3n) is 4.65. The molecule has 8 heteroatoms. The highest BCUT2D eigenvalue weighted by molar-refractivity contribution is 14.0. The molecule has 2 unspecified atom stereocenters. The second-order valence-corrected chi connectivity index (χ2v) is 6.33. The summed E-state index contributed by atoms with van der Waals surface area (Å²) in [4.78, 5) is 4.19. The molecule has 0 aromatic heterocycles. The van der Waals surface area contributed by atoms with Gasteiger partial charge in [-0.15, -0.1) is 24.0 Å². The third-order valence-corrected chi connectivity index (χ3v) is 4.65. The number of hydrogen-bond donors (Lipinski definition) is 2. The Hall–Kier alpha value is -2.10. The average molecular weight is 503 g/mol. The molecule has 1 saturated carbocycles. The molecular formula is C20H24F2IN3O2. The highest BCUT2D eigenvalue weighted by Crippen LogP contribution is 2.43. The van der Waals surface area contributed by atoms with Crippen molar-refractivity contribution in [1.82, 2.24) is 10.6 Å². The van der Waals surface area contributed by atoms with Gasteiger partial charge in [0.25, 0.3) is 0 Å². The summed E-state index contributed by atoms with van der Waals surface area (Å²) in [6, 6.07) is 9.47. The second kappa shape index (κ2) is 9.90. The minimum absolute atomic E-state index is 0. The first-order valence-electron chi connectivity index (χ1n) is 8.69. The number of nitrogens with zero attached hydrogens (tertiary/aromatic N) is 1. The van der Waals surface area contributed by atoms with Gasteiger partial charge in [-0.2, -0.15) is 0 Å². The number of nitrogens with one attached hydrogen (secondary N) is 2. The van der Waals surface area contributed by atoms with Gasteiger partial charge in [0.15, 0.2) is 5.96 Å². The normalized spacial score (nSPS) is 18.1. The van der Waals surface area contributed by atoms with E-state index in [0.29, 0.717) is 30.4 Å². The third kappa shape index (κ3) is 5.03. The maximum Gasteiger partial charge on any atom is 0.191 e. The summed E-state index contributed by atoms with van der Waals surface area (Å²) in [5.41, 5.74) is 1.08. The van der Waals surface area contributed by atoms with Crippen molar-refractivity contribution in [1.29, 1.82) is 0 Å². The molecule has 0 radical (unpaired) electrons. The zero-order valence-corrected chi connectivity index (χ0v) is 18.3. The number of ether oxygens (including phenoxy) is 2. The number of aliphatic imine (C=N–C) groups is 1. The summed E-state index contributed by atoms with van der Waals surface area (Å²) < 4.78 is 38.4.